The molecule has 2 N–H and O–H groups in total. The molecular weight excluding hydrogens is 430 g/mol. The van der Waals surface area contributed by atoms with Gasteiger partial charge in [0.1, 0.15) is 5.25 Å². The second-order valence-electron chi connectivity index (χ2n) is 7.06. The Morgan fingerprint density at radius 2 is 1.61 bits per heavy atom. The third-order valence-corrected chi connectivity index (χ3v) is 6.46. The number of rotatable bonds is 4. The van der Waals surface area contributed by atoms with E-state index in [0.29, 0.717) is 21.7 Å². The monoisotopic (exact) mass is 447 g/mol. The van der Waals surface area contributed by atoms with Crippen LogP contribution in [-0.2, 0) is 4.79 Å². The van der Waals surface area contributed by atoms with Crippen LogP contribution >= 0.6 is 23.4 Å². The van der Waals surface area contributed by atoms with E-state index in [1.54, 1.807) is 24.3 Å². The van der Waals surface area contributed by atoms with Crippen molar-refractivity contribution in [1.82, 2.24) is 14.9 Å². The SMILES string of the molecule is O=C(Nc1ccc(Cl)cc1)[C@H]1Sc2nnc(-c3ccccc3)n2N[C@@H]1c1ccccc1. The van der Waals surface area contributed by atoms with Gasteiger partial charge in [-0.05, 0) is 29.8 Å². The van der Waals surface area contributed by atoms with Gasteiger partial charge in [0.25, 0.3) is 0 Å². The van der Waals surface area contributed by atoms with Crippen molar-refractivity contribution in [1.29, 1.82) is 0 Å². The number of amides is 1. The van der Waals surface area contributed by atoms with Gasteiger partial charge in [-0.2, -0.15) is 0 Å². The molecule has 2 atom stereocenters. The van der Waals surface area contributed by atoms with Gasteiger partial charge in [0, 0.05) is 16.3 Å². The zero-order valence-corrected chi connectivity index (χ0v) is 17.8. The maximum Gasteiger partial charge on any atom is 0.240 e. The molecule has 1 aromatic heterocycles. The predicted molar refractivity (Wildman–Crippen MR) is 124 cm³/mol. The van der Waals surface area contributed by atoms with Gasteiger partial charge < -0.3 is 10.7 Å². The summed E-state index contributed by atoms with van der Waals surface area (Å²) in [6.07, 6.45) is 0. The summed E-state index contributed by atoms with van der Waals surface area (Å²) >= 11 is 7.36. The van der Waals surface area contributed by atoms with E-state index in [-0.39, 0.29) is 11.9 Å². The summed E-state index contributed by atoms with van der Waals surface area (Å²) in [7, 11) is 0. The standard InChI is InChI=1S/C23H18ClN5OS/c24-17-11-13-18(14-12-17)25-22(30)20-19(15-7-3-1-4-8-15)28-29-21(26-27-23(29)31-20)16-9-5-2-6-10-16/h1-14,19-20,28H,(H,25,30)/t19-,20+/m1/s1. The molecule has 0 aliphatic carbocycles. The lowest BCUT2D eigenvalue weighted by molar-refractivity contribution is -0.116. The molecule has 1 amide bonds. The highest BCUT2D eigenvalue weighted by Crippen LogP contribution is 2.39. The molecule has 0 saturated heterocycles. The second kappa shape index (κ2) is 8.45. The maximum atomic E-state index is 13.3. The van der Waals surface area contributed by atoms with Crippen molar-refractivity contribution in [3.05, 3.63) is 95.5 Å². The lowest BCUT2D eigenvalue weighted by Gasteiger charge is -2.33. The largest absolute Gasteiger partial charge is 0.325 e. The van der Waals surface area contributed by atoms with E-state index < -0.39 is 5.25 Å². The summed E-state index contributed by atoms with van der Waals surface area (Å²) < 4.78 is 1.86. The first kappa shape index (κ1) is 19.7. The van der Waals surface area contributed by atoms with Crippen LogP contribution < -0.4 is 10.7 Å². The molecule has 31 heavy (non-hydrogen) atoms. The Hall–Kier alpha value is -3.29. The number of fused-ring (bicyclic) bond motifs is 1. The van der Waals surface area contributed by atoms with E-state index in [2.05, 4.69) is 20.9 Å². The number of aromatic nitrogens is 3. The van der Waals surface area contributed by atoms with Gasteiger partial charge in [0.2, 0.25) is 11.1 Å². The third-order valence-electron chi connectivity index (χ3n) is 5.00. The smallest absolute Gasteiger partial charge is 0.240 e. The number of hydrogen-bond donors (Lipinski definition) is 2. The first-order chi connectivity index (χ1) is 15.2. The van der Waals surface area contributed by atoms with Crippen LogP contribution in [0.15, 0.2) is 90.1 Å². The lowest BCUT2D eigenvalue weighted by atomic mass is 10.0. The van der Waals surface area contributed by atoms with Gasteiger partial charge in [0.05, 0.1) is 6.04 Å². The lowest BCUT2D eigenvalue weighted by Crippen LogP contribution is -2.41. The van der Waals surface area contributed by atoms with Crippen LogP contribution in [0.3, 0.4) is 0 Å². The van der Waals surface area contributed by atoms with E-state index >= 15 is 0 Å². The van der Waals surface area contributed by atoms with Crippen LogP contribution in [0.1, 0.15) is 11.6 Å². The van der Waals surface area contributed by atoms with Gasteiger partial charge >= 0.3 is 0 Å². The average Bonchev–Trinajstić information content (AvgIpc) is 3.24. The van der Waals surface area contributed by atoms with Crippen LogP contribution in [0, 0.1) is 0 Å². The summed E-state index contributed by atoms with van der Waals surface area (Å²) in [6.45, 7) is 0. The number of carbonyl (C=O) groups excluding carboxylic acids is 1. The van der Waals surface area contributed by atoms with Gasteiger partial charge in [-0.1, -0.05) is 84.0 Å². The molecule has 0 unspecified atom stereocenters. The number of nitrogens with zero attached hydrogens (tertiary/aromatic N) is 3. The number of halogens is 1. The topological polar surface area (TPSA) is 71.8 Å². The van der Waals surface area contributed by atoms with Crippen LogP contribution in [0.25, 0.3) is 11.4 Å². The minimum atomic E-state index is -0.446. The molecule has 3 aromatic carbocycles. The Morgan fingerprint density at radius 1 is 0.935 bits per heavy atom. The number of anilines is 1. The molecule has 1 aliphatic heterocycles. The Labute approximate surface area is 188 Å². The Balaban J connectivity index is 1.50. The van der Waals surface area contributed by atoms with Crippen molar-refractivity contribution in [2.45, 2.75) is 16.4 Å². The molecule has 6 nitrogen and oxygen atoms in total. The molecule has 154 valence electrons. The maximum absolute atomic E-state index is 13.3. The first-order valence-corrected chi connectivity index (χ1v) is 11.0. The van der Waals surface area contributed by atoms with Gasteiger partial charge in [-0.25, -0.2) is 4.68 Å². The highest BCUT2D eigenvalue weighted by Gasteiger charge is 2.38. The first-order valence-electron chi connectivity index (χ1n) is 9.74. The highest BCUT2D eigenvalue weighted by molar-refractivity contribution is 8.00. The molecule has 4 aromatic rings. The van der Waals surface area contributed by atoms with Gasteiger partial charge in [-0.3, -0.25) is 4.79 Å². The number of hydrogen-bond acceptors (Lipinski definition) is 5. The molecule has 0 saturated carbocycles. The van der Waals surface area contributed by atoms with Gasteiger partial charge in [0.15, 0.2) is 5.82 Å². The highest BCUT2D eigenvalue weighted by atomic mass is 35.5. The van der Waals surface area contributed by atoms with Crippen molar-refractivity contribution in [2.75, 3.05) is 10.7 Å². The summed E-state index contributed by atoms with van der Waals surface area (Å²) in [4.78, 5) is 13.3. The van der Waals surface area contributed by atoms with Crippen LogP contribution in [0.4, 0.5) is 5.69 Å². The summed E-state index contributed by atoms with van der Waals surface area (Å²) in [5.41, 5.74) is 6.12. The number of nitrogens with one attached hydrogen (secondary N) is 2. The molecule has 1 aliphatic rings. The van der Waals surface area contributed by atoms with E-state index in [4.69, 9.17) is 11.6 Å². The molecule has 0 spiro atoms. The number of carbonyl (C=O) groups is 1. The van der Waals surface area contributed by atoms with E-state index in [9.17, 15) is 4.79 Å². The minimum Gasteiger partial charge on any atom is -0.325 e. The van der Waals surface area contributed by atoms with Crippen molar-refractivity contribution >= 4 is 35.0 Å². The quantitative estimate of drug-likeness (QED) is 0.460. The predicted octanol–water partition coefficient (Wildman–Crippen LogP) is 5.00. The second-order valence-corrected chi connectivity index (χ2v) is 8.60. The molecule has 5 rings (SSSR count). The molecular formula is C23H18ClN5OS. The summed E-state index contributed by atoms with van der Waals surface area (Å²) in [6, 6.07) is 26.6. The molecule has 8 heteroatoms. The zero-order valence-electron chi connectivity index (χ0n) is 16.3. The normalized spacial score (nSPS) is 17.5. The van der Waals surface area contributed by atoms with Crippen molar-refractivity contribution in [3.63, 3.8) is 0 Å². The van der Waals surface area contributed by atoms with Crippen molar-refractivity contribution < 1.29 is 4.79 Å². The van der Waals surface area contributed by atoms with Crippen LogP contribution in [-0.4, -0.2) is 26.0 Å². The zero-order chi connectivity index (χ0) is 21.2. The number of benzene rings is 3. The van der Waals surface area contributed by atoms with Crippen LogP contribution in [0.2, 0.25) is 5.02 Å². The molecule has 0 fully saturated rings. The molecule has 2 heterocycles. The Bertz CT molecular complexity index is 1200. The third kappa shape index (κ3) is 4.02. The van der Waals surface area contributed by atoms with E-state index in [1.165, 1.54) is 11.8 Å². The molecule has 0 bridgehead atoms. The van der Waals surface area contributed by atoms with Gasteiger partial charge in [-0.15, -0.1) is 10.2 Å². The Kier molecular flexibility index (Phi) is 5.36. The fourth-order valence-electron chi connectivity index (χ4n) is 3.49. The van der Waals surface area contributed by atoms with Crippen LogP contribution in [0.5, 0.6) is 0 Å². The van der Waals surface area contributed by atoms with E-state index in [0.717, 1.165) is 11.1 Å². The van der Waals surface area contributed by atoms with Crippen molar-refractivity contribution in [2.24, 2.45) is 0 Å². The fraction of sp³-hybridized carbons (Fsp3) is 0.0870. The number of thioether (sulfide) groups is 1. The fourth-order valence-corrected chi connectivity index (χ4v) is 4.69. The Morgan fingerprint density at radius 3 is 2.32 bits per heavy atom. The summed E-state index contributed by atoms with van der Waals surface area (Å²) in [5, 5.41) is 12.5. The average molecular weight is 448 g/mol. The summed E-state index contributed by atoms with van der Waals surface area (Å²) in [5.74, 6) is 0.588. The minimum absolute atomic E-state index is 0.121. The van der Waals surface area contributed by atoms with E-state index in [1.807, 2.05) is 65.3 Å². The molecule has 0 radical (unpaired) electrons. The van der Waals surface area contributed by atoms with Crippen molar-refractivity contribution in [3.8, 4) is 11.4 Å².